The van der Waals surface area contributed by atoms with Gasteiger partial charge in [-0.1, -0.05) is 44.3 Å². The van der Waals surface area contributed by atoms with E-state index in [-0.39, 0.29) is 17.9 Å². The van der Waals surface area contributed by atoms with Crippen LogP contribution in [0, 0.1) is 12.7 Å². The summed E-state index contributed by atoms with van der Waals surface area (Å²) < 4.78 is 15.6. The van der Waals surface area contributed by atoms with Crippen LogP contribution in [0.2, 0.25) is 10.0 Å². The van der Waals surface area contributed by atoms with Crippen LogP contribution in [-0.2, 0) is 11.3 Å². The number of anilines is 2. The van der Waals surface area contributed by atoms with Gasteiger partial charge in [-0.15, -0.1) is 5.10 Å². The Balaban J connectivity index is 1.70. The summed E-state index contributed by atoms with van der Waals surface area (Å²) in [6.07, 6.45) is 0. The summed E-state index contributed by atoms with van der Waals surface area (Å²) in [5.74, 6) is -1.66. The SMILES string of the molecule is Cc1c(C(=O)Nc2cc(Cl)ccc2Cl)nnn1CC(=O)Nc1ccc(Br)cc1F. The largest absolute Gasteiger partial charge is 0.322 e. The van der Waals surface area contributed by atoms with Crippen molar-refractivity contribution in [2.24, 2.45) is 0 Å². The zero-order valence-corrected chi connectivity index (χ0v) is 17.9. The molecule has 1 aromatic heterocycles. The fourth-order valence-electron chi connectivity index (χ4n) is 2.41. The van der Waals surface area contributed by atoms with Crippen LogP contribution in [0.3, 0.4) is 0 Å². The fraction of sp³-hybridized carbons (Fsp3) is 0.111. The van der Waals surface area contributed by atoms with Crippen LogP contribution in [0.15, 0.2) is 40.9 Å². The molecule has 0 spiro atoms. The molecule has 0 fully saturated rings. The summed E-state index contributed by atoms with van der Waals surface area (Å²) in [4.78, 5) is 24.7. The molecule has 0 saturated carbocycles. The van der Waals surface area contributed by atoms with Gasteiger partial charge in [0.1, 0.15) is 12.4 Å². The Hall–Kier alpha value is -2.49. The second-order valence-electron chi connectivity index (χ2n) is 5.93. The maximum Gasteiger partial charge on any atom is 0.278 e. The van der Waals surface area contributed by atoms with E-state index in [1.807, 2.05) is 0 Å². The molecule has 11 heteroatoms. The van der Waals surface area contributed by atoms with Gasteiger partial charge in [0.2, 0.25) is 5.91 Å². The Kier molecular flexibility index (Phi) is 6.51. The monoisotopic (exact) mass is 499 g/mol. The fourth-order valence-corrected chi connectivity index (χ4v) is 3.08. The summed E-state index contributed by atoms with van der Waals surface area (Å²) in [6.45, 7) is 1.33. The number of hydrogen-bond donors (Lipinski definition) is 2. The number of amides is 2. The van der Waals surface area contributed by atoms with Crippen LogP contribution in [0.1, 0.15) is 16.2 Å². The van der Waals surface area contributed by atoms with Crippen molar-refractivity contribution in [3.63, 3.8) is 0 Å². The molecule has 0 bridgehead atoms. The lowest BCUT2D eigenvalue weighted by molar-refractivity contribution is -0.117. The number of halogens is 4. The Bertz CT molecular complexity index is 1110. The molecule has 1 heterocycles. The summed E-state index contributed by atoms with van der Waals surface area (Å²) in [6, 6.07) is 8.91. The molecule has 0 radical (unpaired) electrons. The lowest BCUT2D eigenvalue weighted by atomic mass is 10.2. The van der Waals surface area contributed by atoms with Gasteiger partial charge < -0.3 is 10.6 Å². The zero-order chi connectivity index (χ0) is 21.1. The average molecular weight is 501 g/mol. The highest BCUT2D eigenvalue weighted by Crippen LogP contribution is 2.26. The molecule has 0 atom stereocenters. The molecule has 2 amide bonds. The number of nitrogens with zero attached hydrogens (tertiary/aromatic N) is 3. The highest BCUT2D eigenvalue weighted by molar-refractivity contribution is 9.10. The highest BCUT2D eigenvalue weighted by Gasteiger charge is 2.19. The predicted octanol–water partition coefficient (Wildman–Crippen LogP) is 4.69. The van der Waals surface area contributed by atoms with Crippen molar-refractivity contribution >= 4 is 62.3 Å². The third-order valence-electron chi connectivity index (χ3n) is 3.87. The van der Waals surface area contributed by atoms with Crippen LogP contribution in [0.4, 0.5) is 15.8 Å². The lowest BCUT2D eigenvalue weighted by Crippen LogP contribution is -2.21. The quantitative estimate of drug-likeness (QED) is 0.532. The molecular formula is C18H13BrCl2FN5O2. The van der Waals surface area contributed by atoms with Crippen LogP contribution in [-0.4, -0.2) is 26.8 Å². The first-order valence-electron chi connectivity index (χ1n) is 8.16. The van der Waals surface area contributed by atoms with Gasteiger partial charge in [-0.2, -0.15) is 0 Å². The van der Waals surface area contributed by atoms with E-state index >= 15 is 0 Å². The van der Waals surface area contributed by atoms with E-state index < -0.39 is 17.6 Å². The maximum absolute atomic E-state index is 13.9. The van der Waals surface area contributed by atoms with Crippen LogP contribution >= 0.6 is 39.1 Å². The van der Waals surface area contributed by atoms with Gasteiger partial charge in [0.15, 0.2) is 5.69 Å². The minimum Gasteiger partial charge on any atom is -0.322 e. The molecule has 0 aliphatic rings. The molecule has 7 nitrogen and oxygen atoms in total. The van der Waals surface area contributed by atoms with Gasteiger partial charge in [-0.05, 0) is 43.3 Å². The molecule has 3 rings (SSSR count). The van der Waals surface area contributed by atoms with Crippen molar-refractivity contribution in [1.82, 2.24) is 15.0 Å². The molecule has 0 aliphatic heterocycles. The van der Waals surface area contributed by atoms with E-state index in [2.05, 4.69) is 36.9 Å². The third-order valence-corrected chi connectivity index (χ3v) is 4.93. The smallest absolute Gasteiger partial charge is 0.278 e. The van der Waals surface area contributed by atoms with Crippen LogP contribution in [0.25, 0.3) is 0 Å². The van der Waals surface area contributed by atoms with E-state index in [1.54, 1.807) is 25.1 Å². The number of carbonyl (C=O) groups is 2. The molecule has 0 saturated heterocycles. The highest BCUT2D eigenvalue weighted by atomic mass is 79.9. The topological polar surface area (TPSA) is 88.9 Å². The summed E-state index contributed by atoms with van der Waals surface area (Å²) >= 11 is 15.1. The first kappa shape index (κ1) is 21.2. The van der Waals surface area contributed by atoms with Crippen molar-refractivity contribution in [2.75, 3.05) is 10.6 Å². The number of aromatic nitrogens is 3. The molecule has 2 aromatic carbocycles. The third kappa shape index (κ3) is 5.11. The first-order chi connectivity index (χ1) is 13.7. The Labute approximate surface area is 183 Å². The van der Waals surface area contributed by atoms with Gasteiger partial charge in [0, 0.05) is 9.50 Å². The van der Waals surface area contributed by atoms with E-state index in [4.69, 9.17) is 23.2 Å². The average Bonchev–Trinajstić information content (AvgIpc) is 3.01. The van der Waals surface area contributed by atoms with Crippen molar-refractivity contribution in [3.05, 3.63) is 68.1 Å². The van der Waals surface area contributed by atoms with Crippen LogP contribution in [0.5, 0.6) is 0 Å². The van der Waals surface area contributed by atoms with Gasteiger partial charge in [0.25, 0.3) is 5.91 Å². The second-order valence-corrected chi connectivity index (χ2v) is 7.69. The number of benzene rings is 2. The van der Waals surface area contributed by atoms with Crippen molar-refractivity contribution in [1.29, 1.82) is 0 Å². The number of nitrogens with one attached hydrogen (secondary N) is 2. The van der Waals surface area contributed by atoms with E-state index in [0.717, 1.165) is 0 Å². The predicted molar refractivity (Wildman–Crippen MR) is 112 cm³/mol. The molecule has 29 heavy (non-hydrogen) atoms. The van der Waals surface area contributed by atoms with E-state index in [9.17, 15) is 14.0 Å². The first-order valence-corrected chi connectivity index (χ1v) is 9.71. The minimum atomic E-state index is -0.582. The van der Waals surface area contributed by atoms with Gasteiger partial charge in [-0.3, -0.25) is 9.59 Å². The number of hydrogen-bond acceptors (Lipinski definition) is 4. The lowest BCUT2D eigenvalue weighted by Gasteiger charge is -2.08. The number of rotatable bonds is 5. The molecule has 3 aromatic rings. The summed E-state index contributed by atoms with van der Waals surface area (Å²) in [7, 11) is 0. The van der Waals surface area contributed by atoms with Gasteiger partial charge >= 0.3 is 0 Å². The Morgan fingerprint density at radius 3 is 2.62 bits per heavy atom. The van der Waals surface area contributed by atoms with Crippen molar-refractivity contribution in [3.8, 4) is 0 Å². The number of carbonyl (C=O) groups excluding carboxylic acids is 2. The standard InChI is InChI=1S/C18H13BrCl2FN5O2/c1-9-17(18(29)24-15-7-11(20)3-4-12(15)21)25-26-27(9)8-16(28)23-14-5-2-10(19)6-13(14)22/h2-7H,8H2,1H3,(H,23,28)(H,24,29). The Morgan fingerprint density at radius 2 is 1.90 bits per heavy atom. The molecule has 150 valence electrons. The molecule has 0 aliphatic carbocycles. The van der Waals surface area contributed by atoms with Crippen LogP contribution < -0.4 is 10.6 Å². The molecule has 0 unspecified atom stereocenters. The van der Waals surface area contributed by atoms with Gasteiger partial charge in [0.05, 0.1) is 22.1 Å². The van der Waals surface area contributed by atoms with E-state index in [0.29, 0.717) is 25.9 Å². The van der Waals surface area contributed by atoms with Crippen molar-refractivity contribution < 1.29 is 14.0 Å². The zero-order valence-electron chi connectivity index (χ0n) is 14.8. The summed E-state index contributed by atoms with van der Waals surface area (Å²) in [5.41, 5.74) is 0.724. The second kappa shape index (κ2) is 8.89. The molecular weight excluding hydrogens is 488 g/mol. The van der Waals surface area contributed by atoms with E-state index in [1.165, 1.54) is 22.9 Å². The van der Waals surface area contributed by atoms with Crippen molar-refractivity contribution in [2.45, 2.75) is 13.5 Å². The minimum absolute atomic E-state index is 0.0173. The maximum atomic E-state index is 13.9. The summed E-state index contributed by atoms with van der Waals surface area (Å²) in [5, 5.41) is 13.4. The Morgan fingerprint density at radius 1 is 1.14 bits per heavy atom. The van der Waals surface area contributed by atoms with Gasteiger partial charge in [-0.25, -0.2) is 9.07 Å². The molecule has 2 N–H and O–H groups in total. The normalized spacial score (nSPS) is 10.7.